The lowest BCUT2D eigenvalue weighted by atomic mass is 9.94. The molecule has 122 valence electrons. The summed E-state index contributed by atoms with van der Waals surface area (Å²) >= 11 is 0. The second kappa shape index (κ2) is 6.28. The minimum absolute atomic E-state index is 0.419. The molecule has 0 aliphatic heterocycles. The first kappa shape index (κ1) is 16.8. The molecule has 2 aromatic rings. The molecule has 2 rings (SSSR count). The van der Waals surface area contributed by atoms with Gasteiger partial charge in [0.1, 0.15) is 5.82 Å². The highest BCUT2D eigenvalue weighted by Crippen LogP contribution is 2.22. The number of hydrogen-bond acceptors (Lipinski definition) is 1. The molecule has 0 unspecified atom stereocenters. The molecule has 7 heteroatoms. The van der Waals surface area contributed by atoms with Crippen molar-refractivity contribution >= 4 is 11.7 Å². The summed E-state index contributed by atoms with van der Waals surface area (Å²) in [5.74, 6) is -4.92. The summed E-state index contributed by atoms with van der Waals surface area (Å²) < 4.78 is 52.4. The third-order valence-corrected chi connectivity index (χ3v) is 3.28. The van der Waals surface area contributed by atoms with E-state index in [-0.39, 0.29) is 0 Å². The van der Waals surface area contributed by atoms with Crippen molar-refractivity contribution in [1.82, 2.24) is 5.32 Å². The lowest BCUT2D eigenvalue weighted by Crippen LogP contribution is -2.43. The first-order valence-electron chi connectivity index (χ1n) is 6.69. The molecule has 2 N–H and O–H groups in total. The van der Waals surface area contributed by atoms with E-state index in [9.17, 15) is 22.4 Å². The quantitative estimate of drug-likeness (QED) is 0.641. The zero-order valence-electron chi connectivity index (χ0n) is 12.4. The van der Waals surface area contributed by atoms with E-state index >= 15 is 0 Å². The van der Waals surface area contributed by atoms with Gasteiger partial charge in [-0.2, -0.15) is 0 Å². The summed E-state index contributed by atoms with van der Waals surface area (Å²) in [6.45, 7) is 3.31. The molecule has 0 saturated carbocycles. The number of halogens is 4. The lowest BCUT2D eigenvalue weighted by molar-refractivity contribution is 0.241. The van der Waals surface area contributed by atoms with Crippen molar-refractivity contribution in [1.29, 1.82) is 0 Å². The van der Waals surface area contributed by atoms with Crippen molar-refractivity contribution in [3.63, 3.8) is 0 Å². The Morgan fingerprint density at radius 2 is 1.52 bits per heavy atom. The van der Waals surface area contributed by atoms with Crippen molar-refractivity contribution in [2.75, 3.05) is 5.32 Å². The largest absolute Gasteiger partial charge is 0.329 e. The smallest absolute Gasteiger partial charge is 0.320 e. The molecule has 0 radical (unpaired) electrons. The van der Waals surface area contributed by atoms with Crippen LogP contribution in [0.2, 0.25) is 0 Å². The van der Waals surface area contributed by atoms with Crippen molar-refractivity contribution in [3.8, 4) is 0 Å². The van der Waals surface area contributed by atoms with Gasteiger partial charge in [-0.25, -0.2) is 22.4 Å². The molecule has 3 nitrogen and oxygen atoms in total. The van der Waals surface area contributed by atoms with Crippen LogP contribution in [0.3, 0.4) is 0 Å². The van der Waals surface area contributed by atoms with Gasteiger partial charge in [-0.15, -0.1) is 0 Å². The van der Waals surface area contributed by atoms with Crippen LogP contribution in [0.4, 0.5) is 28.0 Å². The lowest BCUT2D eigenvalue weighted by Gasteiger charge is -2.27. The monoisotopic (exact) mass is 326 g/mol. The Bertz CT molecular complexity index is 730. The Labute approximate surface area is 130 Å². The van der Waals surface area contributed by atoms with E-state index in [1.54, 1.807) is 13.8 Å². The molecule has 23 heavy (non-hydrogen) atoms. The molecule has 0 heterocycles. The third-order valence-electron chi connectivity index (χ3n) is 3.28. The van der Waals surface area contributed by atoms with Gasteiger partial charge in [-0.05, 0) is 43.7 Å². The number of hydrogen-bond donors (Lipinski definition) is 2. The van der Waals surface area contributed by atoms with Gasteiger partial charge in [-0.1, -0.05) is 12.1 Å². The van der Waals surface area contributed by atoms with Crippen LogP contribution in [0.25, 0.3) is 0 Å². The van der Waals surface area contributed by atoms with Crippen LogP contribution in [-0.4, -0.2) is 6.03 Å². The molecule has 2 amide bonds. The number of carbonyl (C=O) groups excluding carboxylic acids is 1. The van der Waals surface area contributed by atoms with Gasteiger partial charge in [-0.3, -0.25) is 0 Å². The van der Waals surface area contributed by atoms with Gasteiger partial charge in [0.2, 0.25) is 0 Å². The topological polar surface area (TPSA) is 41.1 Å². The van der Waals surface area contributed by atoms with Gasteiger partial charge < -0.3 is 10.6 Å². The number of rotatable bonds is 3. The highest BCUT2D eigenvalue weighted by Gasteiger charge is 2.24. The zero-order chi connectivity index (χ0) is 17.2. The van der Waals surface area contributed by atoms with Crippen LogP contribution in [0, 0.1) is 23.3 Å². The second-order valence-corrected chi connectivity index (χ2v) is 5.43. The van der Waals surface area contributed by atoms with Gasteiger partial charge in [0.15, 0.2) is 17.5 Å². The maximum atomic E-state index is 13.5. The standard InChI is InChI=1S/C16H14F4N2O/c1-16(2,9-3-5-10(17)6-4-9)22-15(23)21-12-8-7-11(18)13(19)14(12)20/h3-8H,1-2H3,(H2,21,22,23). The molecule has 0 aromatic heterocycles. The summed E-state index contributed by atoms with van der Waals surface area (Å²) in [6, 6.07) is 6.28. The molecule has 0 bridgehead atoms. The molecular formula is C16H14F4N2O. The van der Waals surface area contributed by atoms with Gasteiger partial charge in [0, 0.05) is 0 Å². The molecular weight excluding hydrogens is 312 g/mol. The average Bonchev–Trinajstić information content (AvgIpc) is 2.48. The van der Waals surface area contributed by atoms with E-state index in [0.717, 1.165) is 6.07 Å². The molecule has 0 aliphatic rings. The Hall–Kier alpha value is -2.57. The third kappa shape index (κ3) is 3.80. The summed E-state index contributed by atoms with van der Waals surface area (Å²) in [6.07, 6.45) is 0. The molecule has 2 aromatic carbocycles. The minimum atomic E-state index is -1.67. The first-order chi connectivity index (χ1) is 10.7. The Morgan fingerprint density at radius 3 is 2.13 bits per heavy atom. The maximum absolute atomic E-state index is 13.5. The fourth-order valence-electron chi connectivity index (χ4n) is 2.00. The summed E-state index contributed by atoms with van der Waals surface area (Å²) in [5.41, 5.74) is -0.775. The van der Waals surface area contributed by atoms with E-state index in [1.165, 1.54) is 24.3 Å². The minimum Gasteiger partial charge on any atom is -0.329 e. The van der Waals surface area contributed by atoms with Crippen LogP contribution >= 0.6 is 0 Å². The van der Waals surface area contributed by atoms with Crippen molar-refractivity contribution in [3.05, 3.63) is 65.2 Å². The zero-order valence-corrected chi connectivity index (χ0v) is 12.4. The number of urea groups is 1. The summed E-state index contributed by atoms with van der Waals surface area (Å²) in [4.78, 5) is 11.9. The summed E-state index contributed by atoms with van der Waals surface area (Å²) in [7, 11) is 0. The Kier molecular flexibility index (Phi) is 4.58. The molecule has 0 spiro atoms. The van der Waals surface area contributed by atoms with Gasteiger partial charge in [0.25, 0.3) is 0 Å². The number of amides is 2. The SMILES string of the molecule is CC(C)(NC(=O)Nc1ccc(F)c(F)c1F)c1ccc(F)cc1. The normalized spacial score (nSPS) is 11.2. The van der Waals surface area contributed by atoms with E-state index in [1.807, 2.05) is 0 Å². The predicted molar refractivity (Wildman–Crippen MR) is 77.9 cm³/mol. The highest BCUT2D eigenvalue weighted by atomic mass is 19.2. The molecule has 0 saturated heterocycles. The van der Waals surface area contributed by atoms with Crippen LogP contribution in [-0.2, 0) is 5.54 Å². The molecule has 0 fully saturated rings. The average molecular weight is 326 g/mol. The van der Waals surface area contributed by atoms with Crippen molar-refractivity contribution in [2.45, 2.75) is 19.4 Å². The number of nitrogens with one attached hydrogen (secondary N) is 2. The van der Waals surface area contributed by atoms with E-state index in [0.29, 0.717) is 11.6 Å². The van der Waals surface area contributed by atoms with Crippen molar-refractivity contribution in [2.24, 2.45) is 0 Å². The number of anilines is 1. The van der Waals surface area contributed by atoms with E-state index < -0.39 is 40.5 Å². The van der Waals surface area contributed by atoms with Gasteiger partial charge in [0.05, 0.1) is 11.2 Å². The number of carbonyl (C=O) groups is 1. The fourth-order valence-corrected chi connectivity index (χ4v) is 2.00. The van der Waals surface area contributed by atoms with Crippen LogP contribution < -0.4 is 10.6 Å². The van der Waals surface area contributed by atoms with Crippen molar-refractivity contribution < 1.29 is 22.4 Å². The molecule has 0 aliphatic carbocycles. The van der Waals surface area contributed by atoms with E-state index in [2.05, 4.69) is 10.6 Å². The fraction of sp³-hybridized carbons (Fsp3) is 0.188. The summed E-state index contributed by atoms with van der Waals surface area (Å²) in [5, 5.41) is 4.66. The predicted octanol–water partition coefficient (Wildman–Crippen LogP) is 4.30. The van der Waals surface area contributed by atoms with Crippen LogP contribution in [0.1, 0.15) is 19.4 Å². The number of benzene rings is 2. The Balaban J connectivity index is 2.13. The van der Waals surface area contributed by atoms with Gasteiger partial charge >= 0.3 is 6.03 Å². The maximum Gasteiger partial charge on any atom is 0.320 e. The van der Waals surface area contributed by atoms with Crippen LogP contribution in [0.15, 0.2) is 36.4 Å². The van der Waals surface area contributed by atoms with E-state index in [4.69, 9.17) is 0 Å². The first-order valence-corrected chi connectivity index (χ1v) is 6.69. The molecule has 0 atom stereocenters. The second-order valence-electron chi connectivity index (χ2n) is 5.43. The highest BCUT2D eigenvalue weighted by molar-refractivity contribution is 5.90. The van der Waals surface area contributed by atoms with Crippen LogP contribution in [0.5, 0.6) is 0 Å². The Morgan fingerprint density at radius 1 is 0.913 bits per heavy atom.